The molecule has 22 heavy (non-hydrogen) atoms. The minimum atomic E-state index is -0.883. The fraction of sp³-hybridized carbons (Fsp3) is 0.333. The molecule has 0 bridgehead atoms. The van der Waals surface area contributed by atoms with Crippen molar-refractivity contribution >= 4 is 17.4 Å². The molecule has 2 unspecified atom stereocenters. The molecule has 2 atom stereocenters. The molecule has 0 aliphatic rings. The van der Waals surface area contributed by atoms with Crippen molar-refractivity contribution in [1.29, 1.82) is 0 Å². The van der Waals surface area contributed by atoms with Gasteiger partial charge >= 0.3 is 6.03 Å². The largest absolute Gasteiger partial charge is 0.387 e. The van der Waals surface area contributed by atoms with Gasteiger partial charge in [0.25, 0.3) is 0 Å². The van der Waals surface area contributed by atoms with Crippen molar-refractivity contribution in [2.24, 2.45) is 0 Å². The number of nitrogens with zero attached hydrogens (tertiary/aromatic N) is 1. The number of aliphatic hydroxyl groups excluding tert-OH is 1. The second kappa shape index (κ2) is 7.86. The van der Waals surface area contributed by atoms with E-state index < -0.39 is 6.10 Å². The van der Waals surface area contributed by atoms with Crippen molar-refractivity contribution in [2.45, 2.75) is 25.5 Å². The Morgan fingerprint density at radius 2 is 2.14 bits per heavy atom. The van der Waals surface area contributed by atoms with Gasteiger partial charge in [0.15, 0.2) is 0 Å². The molecule has 7 heteroatoms. The number of nitrogens with one attached hydrogen (secondary N) is 2. The summed E-state index contributed by atoms with van der Waals surface area (Å²) in [6.07, 6.45) is 1.54. The van der Waals surface area contributed by atoms with Gasteiger partial charge in [-0.25, -0.2) is 14.2 Å². The number of benzene rings is 1. The summed E-state index contributed by atoms with van der Waals surface area (Å²) in [4.78, 5) is 16.1. The molecule has 0 aliphatic heterocycles. The summed E-state index contributed by atoms with van der Waals surface area (Å²) < 4.78 is 12.8. The van der Waals surface area contributed by atoms with E-state index in [2.05, 4.69) is 15.6 Å². The molecule has 0 aliphatic carbocycles. The number of rotatable bonds is 6. The van der Waals surface area contributed by atoms with Crippen molar-refractivity contribution in [3.05, 3.63) is 52.2 Å². The highest BCUT2D eigenvalue weighted by atomic mass is 32.1. The van der Waals surface area contributed by atoms with E-state index in [1.807, 2.05) is 12.3 Å². The second-order valence-electron chi connectivity index (χ2n) is 4.75. The standard InChI is InChI=1S/C15H18FN3O2S/c1-2-12(14-17-7-8-22-14)19-15(21)18-9-13(20)10-3-5-11(16)6-4-10/h3-8,12-13,20H,2,9H2,1H3,(H2,18,19,21). The van der Waals surface area contributed by atoms with Gasteiger partial charge in [0.1, 0.15) is 10.8 Å². The number of hydrogen-bond acceptors (Lipinski definition) is 4. The highest BCUT2D eigenvalue weighted by Gasteiger charge is 2.16. The fourth-order valence-corrected chi connectivity index (χ4v) is 2.72. The third-order valence-corrected chi connectivity index (χ3v) is 4.06. The summed E-state index contributed by atoms with van der Waals surface area (Å²) >= 11 is 1.48. The lowest BCUT2D eigenvalue weighted by Crippen LogP contribution is -2.39. The summed E-state index contributed by atoms with van der Waals surface area (Å²) in [5, 5.41) is 18.1. The minimum absolute atomic E-state index is 0.0474. The monoisotopic (exact) mass is 323 g/mol. The Hall–Kier alpha value is -1.99. The van der Waals surface area contributed by atoms with Crippen LogP contribution in [-0.2, 0) is 0 Å². The lowest BCUT2D eigenvalue weighted by atomic mass is 10.1. The van der Waals surface area contributed by atoms with Crippen molar-refractivity contribution in [3.63, 3.8) is 0 Å². The second-order valence-corrected chi connectivity index (χ2v) is 5.68. The molecular formula is C15H18FN3O2S. The van der Waals surface area contributed by atoms with E-state index in [1.54, 1.807) is 6.20 Å². The number of carbonyl (C=O) groups is 1. The van der Waals surface area contributed by atoms with Crippen LogP contribution in [0.15, 0.2) is 35.8 Å². The van der Waals surface area contributed by atoms with Crippen LogP contribution in [-0.4, -0.2) is 22.7 Å². The first-order chi connectivity index (χ1) is 10.6. The van der Waals surface area contributed by atoms with Crippen LogP contribution >= 0.6 is 11.3 Å². The van der Waals surface area contributed by atoms with Crippen LogP contribution in [0.1, 0.15) is 36.1 Å². The summed E-state index contributed by atoms with van der Waals surface area (Å²) in [5.41, 5.74) is 0.550. The first-order valence-corrected chi connectivity index (χ1v) is 7.85. The lowest BCUT2D eigenvalue weighted by molar-refractivity contribution is 0.172. The van der Waals surface area contributed by atoms with Crippen LogP contribution < -0.4 is 10.6 Å². The van der Waals surface area contributed by atoms with Crippen molar-refractivity contribution in [3.8, 4) is 0 Å². The Balaban J connectivity index is 1.83. The molecule has 3 N–H and O–H groups in total. The number of urea groups is 1. The predicted octanol–water partition coefficient (Wildman–Crippen LogP) is 2.77. The zero-order valence-corrected chi connectivity index (χ0v) is 12.9. The molecule has 5 nitrogen and oxygen atoms in total. The number of halogens is 1. The first-order valence-electron chi connectivity index (χ1n) is 6.97. The molecule has 2 amide bonds. The molecule has 1 aromatic carbocycles. The number of hydrogen-bond donors (Lipinski definition) is 3. The molecule has 0 spiro atoms. The summed E-state index contributed by atoms with van der Waals surface area (Å²) in [6, 6.07) is 5.00. The van der Waals surface area contributed by atoms with E-state index in [-0.39, 0.29) is 24.4 Å². The van der Waals surface area contributed by atoms with Gasteiger partial charge in [-0.2, -0.15) is 0 Å². The van der Waals surface area contributed by atoms with E-state index in [1.165, 1.54) is 35.6 Å². The van der Waals surface area contributed by atoms with Crippen molar-refractivity contribution < 1.29 is 14.3 Å². The number of amides is 2. The molecule has 0 fully saturated rings. The Morgan fingerprint density at radius 1 is 1.41 bits per heavy atom. The number of thiazole rings is 1. The molecule has 2 aromatic rings. The Labute approximate surface area is 132 Å². The Kier molecular flexibility index (Phi) is 5.85. The summed E-state index contributed by atoms with van der Waals surface area (Å²) in [5.74, 6) is -0.365. The van der Waals surface area contributed by atoms with E-state index in [0.717, 1.165) is 11.4 Å². The summed E-state index contributed by atoms with van der Waals surface area (Å²) in [7, 11) is 0. The smallest absolute Gasteiger partial charge is 0.315 e. The average molecular weight is 323 g/mol. The maximum atomic E-state index is 12.8. The predicted molar refractivity (Wildman–Crippen MR) is 83.0 cm³/mol. The molecular weight excluding hydrogens is 305 g/mol. The highest BCUT2D eigenvalue weighted by molar-refractivity contribution is 7.09. The summed E-state index contributed by atoms with van der Waals surface area (Å²) in [6.45, 7) is 2.01. The van der Waals surface area contributed by atoms with Gasteiger partial charge in [0.2, 0.25) is 0 Å². The number of aliphatic hydroxyl groups is 1. The van der Waals surface area contributed by atoms with Crippen LogP contribution in [0.2, 0.25) is 0 Å². The Morgan fingerprint density at radius 3 is 2.73 bits per heavy atom. The minimum Gasteiger partial charge on any atom is -0.387 e. The maximum Gasteiger partial charge on any atom is 0.315 e. The van der Waals surface area contributed by atoms with Gasteiger partial charge in [-0.1, -0.05) is 19.1 Å². The van der Waals surface area contributed by atoms with Gasteiger partial charge in [0.05, 0.1) is 12.1 Å². The van der Waals surface area contributed by atoms with Gasteiger partial charge in [0, 0.05) is 18.1 Å². The van der Waals surface area contributed by atoms with Gasteiger partial charge in [-0.05, 0) is 24.1 Å². The van der Waals surface area contributed by atoms with Gasteiger partial charge in [-0.3, -0.25) is 0 Å². The van der Waals surface area contributed by atoms with E-state index >= 15 is 0 Å². The van der Waals surface area contributed by atoms with Crippen LogP contribution in [0.5, 0.6) is 0 Å². The molecule has 1 aromatic heterocycles. The zero-order chi connectivity index (χ0) is 15.9. The topological polar surface area (TPSA) is 74.2 Å². The normalized spacial score (nSPS) is 13.4. The molecule has 2 rings (SSSR count). The zero-order valence-electron chi connectivity index (χ0n) is 12.1. The fourth-order valence-electron chi connectivity index (χ4n) is 1.95. The molecule has 1 heterocycles. The Bertz CT molecular complexity index is 589. The van der Waals surface area contributed by atoms with Gasteiger partial charge < -0.3 is 15.7 Å². The SMILES string of the molecule is CCC(NC(=O)NCC(O)c1ccc(F)cc1)c1nccs1. The first kappa shape index (κ1) is 16.4. The maximum absolute atomic E-state index is 12.8. The van der Waals surface area contributed by atoms with Gasteiger partial charge in [-0.15, -0.1) is 11.3 Å². The van der Waals surface area contributed by atoms with Crippen LogP contribution in [0, 0.1) is 5.82 Å². The van der Waals surface area contributed by atoms with E-state index in [9.17, 15) is 14.3 Å². The molecule has 0 radical (unpaired) electrons. The van der Waals surface area contributed by atoms with Crippen molar-refractivity contribution in [2.75, 3.05) is 6.54 Å². The average Bonchev–Trinajstić information content (AvgIpc) is 3.05. The van der Waals surface area contributed by atoms with E-state index in [0.29, 0.717) is 5.56 Å². The van der Waals surface area contributed by atoms with Crippen LogP contribution in [0.3, 0.4) is 0 Å². The molecule has 0 saturated carbocycles. The third-order valence-electron chi connectivity index (χ3n) is 3.17. The molecule has 118 valence electrons. The van der Waals surface area contributed by atoms with E-state index in [4.69, 9.17) is 0 Å². The number of aromatic nitrogens is 1. The van der Waals surface area contributed by atoms with Crippen LogP contribution in [0.4, 0.5) is 9.18 Å². The van der Waals surface area contributed by atoms with Crippen molar-refractivity contribution in [1.82, 2.24) is 15.6 Å². The van der Waals surface area contributed by atoms with Crippen LogP contribution in [0.25, 0.3) is 0 Å². The quantitative estimate of drug-likeness (QED) is 0.765. The number of carbonyl (C=O) groups excluding carboxylic acids is 1. The lowest BCUT2D eigenvalue weighted by Gasteiger charge is -2.17. The molecule has 0 saturated heterocycles. The highest BCUT2D eigenvalue weighted by Crippen LogP contribution is 2.18. The third kappa shape index (κ3) is 4.51.